The lowest BCUT2D eigenvalue weighted by Gasteiger charge is -2.00. The summed E-state index contributed by atoms with van der Waals surface area (Å²) < 4.78 is 23.2. The summed E-state index contributed by atoms with van der Waals surface area (Å²) >= 11 is 10.5. The molecule has 0 amide bonds. The summed E-state index contributed by atoms with van der Waals surface area (Å²) in [6.07, 6.45) is 0. The monoisotopic (exact) mass is 340 g/mol. The van der Waals surface area contributed by atoms with Crippen LogP contribution in [0.5, 0.6) is 0 Å². The van der Waals surface area contributed by atoms with Crippen molar-refractivity contribution in [3.63, 3.8) is 0 Å². The Morgan fingerprint density at radius 3 is 2.75 bits per heavy atom. The summed E-state index contributed by atoms with van der Waals surface area (Å²) in [6.45, 7) is 1.61. The van der Waals surface area contributed by atoms with Gasteiger partial charge in [0.1, 0.15) is 0 Å². The summed E-state index contributed by atoms with van der Waals surface area (Å²) in [6, 6.07) is 5.36. The SMILES string of the molecule is CCS(=O)(=O)/C=C/Sc1ccc(Cl)cc1Br. The number of hydrogen-bond donors (Lipinski definition) is 0. The second-order valence-corrected chi connectivity index (χ2v) is 7.33. The van der Waals surface area contributed by atoms with Crippen LogP contribution in [-0.4, -0.2) is 14.2 Å². The fourth-order valence-corrected chi connectivity index (χ4v) is 3.37. The van der Waals surface area contributed by atoms with E-state index in [0.717, 1.165) is 9.37 Å². The predicted octanol–water partition coefficient (Wildman–Crippen LogP) is 4.10. The molecule has 0 N–H and O–H groups in total. The fourth-order valence-electron chi connectivity index (χ4n) is 0.853. The van der Waals surface area contributed by atoms with E-state index in [0.29, 0.717) is 5.02 Å². The van der Waals surface area contributed by atoms with E-state index >= 15 is 0 Å². The highest BCUT2D eigenvalue weighted by Gasteiger charge is 2.02. The van der Waals surface area contributed by atoms with Gasteiger partial charge in [0.15, 0.2) is 9.84 Å². The molecule has 1 aromatic carbocycles. The number of rotatable bonds is 4. The molecule has 88 valence electrons. The number of halogens is 2. The molecule has 2 nitrogen and oxygen atoms in total. The highest BCUT2D eigenvalue weighted by molar-refractivity contribution is 9.10. The zero-order chi connectivity index (χ0) is 12.2. The number of benzene rings is 1. The molecule has 0 atom stereocenters. The first kappa shape index (κ1) is 14.1. The van der Waals surface area contributed by atoms with Crippen LogP contribution in [0.15, 0.2) is 38.4 Å². The standard InChI is InChI=1S/C10H10BrClO2S2/c1-2-16(13,14)6-5-15-10-4-3-8(12)7-9(10)11/h3-7H,2H2,1H3/b6-5+. The van der Waals surface area contributed by atoms with Crippen LogP contribution >= 0.6 is 39.3 Å². The Hall–Kier alpha value is 0.0300. The number of hydrogen-bond acceptors (Lipinski definition) is 3. The van der Waals surface area contributed by atoms with Crippen molar-refractivity contribution in [3.8, 4) is 0 Å². The van der Waals surface area contributed by atoms with E-state index in [1.54, 1.807) is 24.5 Å². The van der Waals surface area contributed by atoms with Crippen LogP contribution in [0.25, 0.3) is 0 Å². The average Bonchev–Trinajstić information content (AvgIpc) is 2.21. The molecule has 0 radical (unpaired) electrons. The highest BCUT2D eigenvalue weighted by atomic mass is 79.9. The molecule has 1 aromatic rings. The Labute approximate surface area is 113 Å². The molecule has 0 bridgehead atoms. The van der Waals surface area contributed by atoms with Crippen LogP contribution in [0, 0.1) is 0 Å². The maximum Gasteiger partial charge on any atom is 0.171 e. The summed E-state index contributed by atoms with van der Waals surface area (Å²) in [7, 11) is -3.05. The first-order valence-electron chi connectivity index (χ1n) is 4.45. The van der Waals surface area contributed by atoms with Crippen molar-refractivity contribution in [2.45, 2.75) is 11.8 Å². The van der Waals surface area contributed by atoms with Crippen LogP contribution in [0.3, 0.4) is 0 Å². The van der Waals surface area contributed by atoms with Gasteiger partial charge in [-0.05, 0) is 39.5 Å². The first-order valence-corrected chi connectivity index (χ1v) is 8.22. The van der Waals surface area contributed by atoms with Gasteiger partial charge in [-0.3, -0.25) is 0 Å². The van der Waals surface area contributed by atoms with E-state index in [-0.39, 0.29) is 5.75 Å². The minimum Gasteiger partial charge on any atom is -0.224 e. The summed E-state index contributed by atoms with van der Waals surface area (Å²) in [5.41, 5.74) is 0. The minimum atomic E-state index is -3.05. The maximum atomic E-state index is 11.2. The molecule has 1 rings (SSSR count). The molecule has 0 aliphatic rings. The van der Waals surface area contributed by atoms with Gasteiger partial charge < -0.3 is 0 Å². The molecule has 16 heavy (non-hydrogen) atoms. The van der Waals surface area contributed by atoms with Gasteiger partial charge in [-0.15, -0.1) is 0 Å². The van der Waals surface area contributed by atoms with Crippen LogP contribution in [0.4, 0.5) is 0 Å². The zero-order valence-corrected chi connectivity index (χ0v) is 12.5. The molecule has 0 aliphatic carbocycles. The largest absolute Gasteiger partial charge is 0.224 e. The van der Waals surface area contributed by atoms with Gasteiger partial charge >= 0.3 is 0 Å². The Morgan fingerprint density at radius 1 is 1.50 bits per heavy atom. The third-order valence-electron chi connectivity index (χ3n) is 1.75. The molecule has 0 aliphatic heterocycles. The molecule has 0 aromatic heterocycles. The van der Waals surface area contributed by atoms with Crippen molar-refractivity contribution >= 4 is 49.1 Å². The van der Waals surface area contributed by atoms with E-state index < -0.39 is 9.84 Å². The quantitative estimate of drug-likeness (QED) is 0.773. The van der Waals surface area contributed by atoms with E-state index in [1.165, 1.54) is 17.2 Å². The maximum absolute atomic E-state index is 11.2. The van der Waals surface area contributed by atoms with Crippen molar-refractivity contribution < 1.29 is 8.42 Å². The first-order chi connectivity index (χ1) is 7.44. The van der Waals surface area contributed by atoms with Gasteiger partial charge in [-0.1, -0.05) is 30.3 Å². The highest BCUT2D eigenvalue weighted by Crippen LogP contribution is 2.30. The summed E-state index contributed by atoms with van der Waals surface area (Å²) in [5, 5.41) is 3.42. The van der Waals surface area contributed by atoms with Crippen molar-refractivity contribution in [1.29, 1.82) is 0 Å². The normalized spacial score (nSPS) is 12.2. The Balaban J connectivity index is 2.76. The van der Waals surface area contributed by atoms with Crippen LogP contribution < -0.4 is 0 Å². The smallest absolute Gasteiger partial charge is 0.171 e. The van der Waals surface area contributed by atoms with Gasteiger partial charge in [0.2, 0.25) is 0 Å². The Kier molecular flexibility index (Phi) is 5.37. The third-order valence-corrected chi connectivity index (χ3v) is 5.32. The van der Waals surface area contributed by atoms with Crippen molar-refractivity contribution in [1.82, 2.24) is 0 Å². The van der Waals surface area contributed by atoms with Crippen molar-refractivity contribution in [3.05, 3.63) is 38.5 Å². The molecule has 6 heteroatoms. The lowest BCUT2D eigenvalue weighted by molar-refractivity contribution is 0.606. The molecule has 0 saturated heterocycles. The second-order valence-electron chi connectivity index (χ2n) is 2.92. The molecule has 0 saturated carbocycles. The van der Waals surface area contributed by atoms with E-state index in [9.17, 15) is 8.42 Å². The third kappa shape index (κ3) is 4.49. The molecule has 0 fully saturated rings. The summed E-state index contributed by atoms with van der Waals surface area (Å²) in [4.78, 5) is 0.923. The average molecular weight is 342 g/mol. The van der Waals surface area contributed by atoms with Crippen LogP contribution in [-0.2, 0) is 9.84 Å². The van der Waals surface area contributed by atoms with E-state index in [2.05, 4.69) is 15.9 Å². The van der Waals surface area contributed by atoms with Crippen LogP contribution in [0.2, 0.25) is 5.02 Å². The van der Waals surface area contributed by atoms with Gasteiger partial charge in [0, 0.05) is 19.8 Å². The minimum absolute atomic E-state index is 0.117. The molecular formula is C10H10BrClO2S2. The van der Waals surface area contributed by atoms with Gasteiger partial charge in [-0.2, -0.15) is 0 Å². The van der Waals surface area contributed by atoms with E-state index in [1.807, 2.05) is 6.07 Å². The number of thioether (sulfide) groups is 1. The zero-order valence-electron chi connectivity index (χ0n) is 8.48. The molecule has 0 heterocycles. The van der Waals surface area contributed by atoms with E-state index in [4.69, 9.17) is 11.6 Å². The predicted molar refractivity (Wildman–Crippen MR) is 73.6 cm³/mol. The van der Waals surface area contributed by atoms with Gasteiger partial charge in [0.05, 0.1) is 5.75 Å². The number of sulfone groups is 1. The van der Waals surface area contributed by atoms with Gasteiger partial charge in [-0.25, -0.2) is 8.42 Å². The lowest BCUT2D eigenvalue weighted by Crippen LogP contribution is -1.96. The lowest BCUT2D eigenvalue weighted by atomic mass is 10.4. The Bertz CT molecular complexity index is 498. The molecule has 0 spiro atoms. The summed E-state index contributed by atoms with van der Waals surface area (Å²) in [5.74, 6) is 0.117. The fraction of sp³-hybridized carbons (Fsp3) is 0.200. The molecule has 0 unspecified atom stereocenters. The van der Waals surface area contributed by atoms with Crippen LogP contribution in [0.1, 0.15) is 6.92 Å². The van der Waals surface area contributed by atoms with Crippen molar-refractivity contribution in [2.24, 2.45) is 0 Å². The molecular weight excluding hydrogens is 332 g/mol. The van der Waals surface area contributed by atoms with Gasteiger partial charge in [0.25, 0.3) is 0 Å². The topological polar surface area (TPSA) is 34.1 Å². The second kappa shape index (κ2) is 6.10. The Morgan fingerprint density at radius 2 is 2.19 bits per heavy atom. The van der Waals surface area contributed by atoms with Crippen molar-refractivity contribution in [2.75, 3.05) is 5.75 Å².